The van der Waals surface area contributed by atoms with E-state index in [0.29, 0.717) is 12.4 Å². The van der Waals surface area contributed by atoms with Gasteiger partial charge in [0.1, 0.15) is 5.82 Å². The quantitative estimate of drug-likeness (QED) is 0.397. The van der Waals surface area contributed by atoms with Gasteiger partial charge < -0.3 is 21.9 Å². The molecule has 0 spiro atoms. The summed E-state index contributed by atoms with van der Waals surface area (Å²) in [6, 6.07) is 18.0. The Labute approximate surface area is 172 Å². The number of fused-ring (bicyclic) bond motifs is 2. The standard InChI is InChI=1S/C19H16ClN5.C2H4O2/c20-14-4-2-13-9-15(5-3-12(13)8-14)23-10-11-1-6-17-16(7-11)18(21)25-19(22)24-17;1-2(3)4/h1-9,23H,10H2,(H4,21,22,24,25);1H3,(H,3,4). The average molecular weight is 410 g/mol. The molecule has 4 rings (SSSR count). The van der Waals surface area contributed by atoms with Crippen LogP contribution in [0.25, 0.3) is 21.7 Å². The highest BCUT2D eigenvalue weighted by atomic mass is 35.5. The third kappa shape index (κ3) is 5.24. The molecule has 1 aromatic heterocycles. The second kappa shape index (κ2) is 8.62. The van der Waals surface area contributed by atoms with Crippen LogP contribution in [0, 0.1) is 0 Å². The van der Waals surface area contributed by atoms with Crippen LogP contribution in [0.5, 0.6) is 0 Å². The van der Waals surface area contributed by atoms with Gasteiger partial charge in [-0.1, -0.05) is 29.8 Å². The monoisotopic (exact) mass is 409 g/mol. The SMILES string of the molecule is CC(=O)O.Nc1nc(N)c2cc(CNc3ccc4cc(Cl)ccc4c3)ccc2n1. The minimum Gasteiger partial charge on any atom is -0.481 e. The highest BCUT2D eigenvalue weighted by Crippen LogP contribution is 2.24. The van der Waals surface area contributed by atoms with Gasteiger partial charge in [-0.05, 0) is 52.7 Å². The van der Waals surface area contributed by atoms with Gasteiger partial charge in [0.25, 0.3) is 5.97 Å². The normalized spacial score (nSPS) is 10.4. The number of nitrogens with one attached hydrogen (secondary N) is 1. The predicted octanol–water partition coefficient (Wildman–Crippen LogP) is 4.30. The van der Waals surface area contributed by atoms with Crippen molar-refractivity contribution in [1.29, 1.82) is 0 Å². The molecule has 4 aromatic rings. The van der Waals surface area contributed by atoms with Gasteiger partial charge in [-0.3, -0.25) is 4.79 Å². The highest BCUT2D eigenvalue weighted by molar-refractivity contribution is 6.31. The molecule has 7 nitrogen and oxygen atoms in total. The molecule has 0 fully saturated rings. The second-order valence-electron chi connectivity index (χ2n) is 6.40. The molecular weight excluding hydrogens is 390 g/mol. The molecule has 0 unspecified atom stereocenters. The van der Waals surface area contributed by atoms with Crippen molar-refractivity contribution in [2.24, 2.45) is 0 Å². The summed E-state index contributed by atoms with van der Waals surface area (Å²) in [6.07, 6.45) is 0. The molecule has 0 saturated carbocycles. The Balaban J connectivity index is 0.000000552. The number of anilines is 3. The molecule has 29 heavy (non-hydrogen) atoms. The lowest BCUT2D eigenvalue weighted by atomic mass is 10.1. The fraction of sp³-hybridized carbons (Fsp3) is 0.0952. The molecule has 1 heterocycles. The van der Waals surface area contributed by atoms with Crippen LogP contribution in [-0.4, -0.2) is 21.0 Å². The first-order valence-electron chi connectivity index (χ1n) is 8.76. The number of halogens is 1. The van der Waals surface area contributed by atoms with Crippen LogP contribution in [0.2, 0.25) is 5.02 Å². The molecule has 0 aliphatic carbocycles. The Morgan fingerprint density at radius 2 is 1.72 bits per heavy atom. The third-order valence-corrected chi connectivity index (χ3v) is 4.34. The lowest BCUT2D eigenvalue weighted by Crippen LogP contribution is -2.02. The number of aromatic nitrogens is 2. The maximum absolute atomic E-state index is 9.00. The van der Waals surface area contributed by atoms with Crippen molar-refractivity contribution in [3.8, 4) is 0 Å². The zero-order valence-corrected chi connectivity index (χ0v) is 16.4. The number of benzene rings is 3. The zero-order chi connectivity index (χ0) is 21.0. The van der Waals surface area contributed by atoms with Gasteiger partial charge in [0.05, 0.1) is 5.52 Å². The van der Waals surface area contributed by atoms with E-state index in [0.717, 1.165) is 44.9 Å². The molecule has 3 aromatic carbocycles. The van der Waals surface area contributed by atoms with Crippen LogP contribution in [0.1, 0.15) is 12.5 Å². The van der Waals surface area contributed by atoms with E-state index in [-0.39, 0.29) is 5.95 Å². The topological polar surface area (TPSA) is 127 Å². The zero-order valence-electron chi connectivity index (χ0n) is 15.7. The fourth-order valence-electron chi connectivity index (χ4n) is 2.86. The average Bonchev–Trinajstić information content (AvgIpc) is 2.66. The van der Waals surface area contributed by atoms with E-state index in [9.17, 15) is 0 Å². The fourth-order valence-corrected chi connectivity index (χ4v) is 3.04. The molecule has 0 bridgehead atoms. The maximum atomic E-state index is 9.00. The van der Waals surface area contributed by atoms with Gasteiger partial charge in [-0.2, -0.15) is 4.98 Å². The minimum atomic E-state index is -0.833. The number of aliphatic carboxylic acids is 1. The molecule has 8 heteroatoms. The Morgan fingerprint density at radius 1 is 1.03 bits per heavy atom. The first kappa shape index (κ1) is 20.2. The van der Waals surface area contributed by atoms with E-state index < -0.39 is 5.97 Å². The maximum Gasteiger partial charge on any atom is 0.300 e. The molecule has 0 saturated heterocycles. The summed E-state index contributed by atoms with van der Waals surface area (Å²) in [4.78, 5) is 17.2. The first-order valence-corrected chi connectivity index (χ1v) is 9.14. The Bertz CT molecular complexity index is 1190. The predicted molar refractivity (Wildman–Crippen MR) is 118 cm³/mol. The van der Waals surface area contributed by atoms with Crippen LogP contribution in [-0.2, 0) is 11.3 Å². The summed E-state index contributed by atoms with van der Waals surface area (Å²) >= 11 is 6.03. The number of hydrogen-bond acceptors (Lipinski definition) is 6. The van der Waals surface area contributed by atoms with Crippen molar-refractivity contribution in [3.05, 3.63) is 65.2 Å². The van der Waals surface area contributed by atoms with Crippen LogP contribution < -0.4 is 16.8 Å². The number of carboxylic acids is 1. The number of hydrogen-bond donors (Lipinski definition) is 4. The van der Waals surface area contributed by atoms with E-state index in [2.05, 4.69) is 27.4 Å². The van der Waals surface area contributed by atoms with Gasteiger partial charge in [0.15, 0.2) is 0 Å². The molecule has 0 aliphatic rings. The summed E-state index contributed by atoms with van der Waals surface area (Å²) in [6.45, 7) is 1.75. The van der Waals surface area contributed by atoms with Crippen LogP contribution in [0.3, 0.4) is 0 Å². The van der Waals surface area contributed by atoms with E-state index in [1.807, 2.05) is 42.5 Å². The van der Waals surface area contributed by atoms with Gasteiger partial charge in [-0.15, -0.1) is 0 Å². The van der Waals surface area contributed by atoms with Gasteiger partial charge in [-0.25, -0.2) is 4.98 Å². The van der Waals surface area contributed by atoms with Crippen LogP contribution >= 0.6 is 11.6 Å². The molecule has 0 atom stereocenters. The van der Waals surface area contributed by atoms with Crippen molar-refractivity contribution < 1.29 is 9.90 Å². The smallest absolute Gasteiger partial charge is 0.300 e. The number of nitrogens with two attached hydrogens (primary N) is 2. The lowest BCUT2D eigenvalue weighted by Gasteiger charge is -2.09. The van der Waals surface area contributed by atoms with Crippen LogP contribution in [0.15, 0.2) is 54.6 Å². The third-order valence-electron chi connectivity index (χ3n) is 4.11. The lowest BCUT2D eigenvalue weighted by molar-refractivity contribution is -0.134. The molecule has 6 N–H and O–H groups in total. The largest absolute Gasteiger partial charge is 0.481 e. The number of nitrogens with zero attached hydrogens (tertiary/aromatic N) is 2. The molecule has 148 valence electrons. The number of carboxylic acid groups (broad SMARTS) is 1. The van der Waals surface area contributed by atoms with Crippen molar-refractivity contribution in [1.82, 2.24) is 9.97 Å². The Kier molecular flexibility index (Phi) is 5.99. The number of carbonyl (C=O) groups is 1. The second-order valence-corrected chi connectivity index (χ2v) is 6.83. The molecule has 0 aliphatic heterocycles. The van der Waals surface area contributed by atoms with E-state index >= 15 is 0 Å². The van der Waals surface area contributed by atoms with Crippen molar-refractivity contribution in [2.45, 2.75) is 13.5 Å². The van der Waals surface area contributed by atoms with Gasteiger partial charge >= 0.3 is 0 Å². The summed E-state index contributed by atoms with van der Waals surface area (Å²) < 4.78 is 0. The van der Waals surface area contributed by atoms with E-state index in [1.54, 1.807) is 0 Å². The molecular formula is C21H20ClN5O2. The van der Waals surface area contributed by atoms with Crippen molar-refractivity contribution in [3.63, 3.8) is 0 Å². The Hall–Kier alpha value is -3.58. The highest BCUT2D eigenvalue weighted by Gasteiger charge is 2.05. The minimum absolute atomic E-state index is 0.187. The van der Waals surface area contributed by atoms with E-state index in [4.69, 9.17) is 33.0 Å². The van der Waals surface area contributed by atoms with Crippen molar-refractivity contribution in [2.75, 3.05) is 16.8 Å². The van der Waals surface area contributed by atoms with Crippen molar-refractivity contribution >= 4 is 56.7 Å². The first-order chi connectivity index (χ1) is 13.8. The summed E-state index contributed by atoms with van der Waals surface area (Å²) in [7, 11) is 0. The summed E-state index contributed by atoms with van der Waals surface area (Å²) in [5, 5.41) is 14.6. The summed E-state index contributed by atoms with van der Waals surface area (Å²) in [5.74, 6) is -0.251. The Morgan fingerprint density at radius 3 is 2.48 bits per heavy atom. The van der Waals surface area contributed by atoms with E-state index in [1.165, 1.54) is 0 Å². The number of nitrogen functional groups attached to an aromatic ring is 2. The molecule has 0 radical (unpaired) electrons. The summed E-state index contributed by atoms with van der Waals surface area (Å²) in [5.41, 5.74) is 14.4. The van der Waals surface area contributed by atoms with Gasteiger partial charge in [0, 0.05) is 29.6 Å². The van der Waals surface area contributed by atoms with Gasteiger partial charge in [0.2, 0.25) is 5.95 Å². The molecule has 0 amide bonds. The van der Waals surface area contributed by atoms with Crippen LogP contribution in [0.4, 0.5) is 17.5 Å². The number of rotatable bonds is 3.